The first-order valence-electron chi connectivity index (χ1n) is 8.40. The lowest BCUT2D eigenvalue weighted by Gasteiger charge is -2.12. The van der Waals surface area contributed by atoms with Crippen molar-refractivity contribution < 1.29 is 9.53 Å². The number of benzene rings is 3. The lowest BCUT2D eigenvalue weighted by molar-refractivity contribution is 0.262. The van der Waals surface area contributed by atoms with Crippen molar-refractivity contribution in [3.63, 3.8) is 0 Å². The number of nitrogens with one attached hydrogen (secondary N) is 2. The van der Waals surface area contributed by atoms with E-state index in [0.29, 0.717) is 17.1 Å². The molecule has 1 aromatic heterocycles. The first-order chi connectivity index (χ1) is 13.2. The van der Waals surface area contributed by atoms with Gasteiger partial charge in [-0.1, -0.05) is 36.4 Å². The number of methoxy groups -OCH3 is 1. The van der Waals surface area contributed by atoms with Crippen LogP contribution < -0.4 is 15.4 Å². The van der Waals surface area contributed by atoms with Gasteiger partial charge in [0, 0.05) is 5.56 Å². The van der Waals surface area contributed by atoms with Crippen LogP contribution in [0.25, 0.3) is 20.8 Å². The molecule has 0 atom stereocenters. The molecule has 0 aliphatic carbocycles. The Morgan fingerprint density at radius 1 is 0.889 bits per heavy atom. The molecule has 0 bridgehead atoms. The number of aromatic nitrogens is 1. The molecule has 2 amide bonds. The summed E-state index contributed by atoms with van der Waals surface area (Å²) in [5, 5.41) is 6.60. The van der Waals surface area contributed by atoms with Crippen molar-refractivity contribution in [3.8, 4) is 16.3 Å². The van der Waals surface area contributed by atoms with Gasteiger partial charge in [-0.25, -0.2) is 9.78 Å². The van der Waals surface area contributed by atoms with E-state index >= 15 is 0 Å². The summed E-state index contributed by atoms with van der Waals surface area (Å²) < 4.78 is 6.38. The SMILES string of the molecule is COc1ccccc1NC(=O)Nc1ccccc1-c1nc2ccccc2s1. The van der Waals surface area contributed by atoms with Crippen LogP contribution >= 0.6 is 11.3 Å². The number of fused-ring (bicyclic) bond motifs is 1. The quantitative estimate of drug-likeness (QED) is 0.487. The second-order valence-electron chi connectivity index (χ2n) is 5.81. The Hall–Kier alpha value is -3.38. The highest BCUT2D eigenvalue weighted by atomic mass is 32.1. The van der Waals surface area contributed by atoms with E-state index in [2.05, 4.69) is 15.6 Å². The Labute approximate surface area is 160 Å². The van der Waals surface area contributed by atoms with E-state index in [-0.39, 0.29) is 6.03 Å². The minimum absolute atomic E-state index is 0.340. The number of para-hydroxylation sites is 4. The van der Waals surface area contributed by atoms with Gasteiger partial charge < -0.3 is 15.4 Å². The molecule has 1 heterocycles. The molecule has 0 saturated carbocycles. The fourth-order valence-corrected chi connectivity index (χ4v) is 3.79. The molecule has 2 N–H and O–H groups in total. The zero-order chi connectivity index (χ0) is 18.6. The maximum absolute atomic E-state index is 12.5. The summed E-state index contributed by atoms with van der Waals surface area (Å²) >= 11 is 1.60. The smallest absolute Gasteiger partial charge is 0.323 e. The van der Waals surface area contributed by atoms with E-state index in [9.17, 15) is 4.79 Å². The van der Waals surface area contributed by atoms with Crippen molar-refractivity contribution in [1.29, 1.82) is 0 Å². The van der Waals surface area contributed by atoms with Gasteiger partial charge in [-0.05, 0) is 36.4 Å². The summed E-state index contributed by atoms with van der Waals surface area (Å²) in [6, 6.07) is 22.6. The minimum atomic E-state index is -0.340. The van der Waals surface area contributed by atoms with Gasteiger partial charge in [-0.2, -0.15) is 0 Å². The molecular formula is C21H17N3O2S. The molecule has 0 aliphatic heterocycles. The first kappa shape index (κ1) is 17.1. The standard InChI is InChI=1S/C21H17N3O2S/c1-26-18-12-6-4-10-16(18)24-21(25)23-15-9-3-2-8-14(15)20-22-17-11-5-7-13-19(17)27-20/h2-13H,1H3,(H2,23,24,25). The van der Waals surface area contributed by atoms with Gasteiger partial charge in [-0.3, -0.25) is 0 Å². The summed E-state index contributed by atoms with van der Waals surface area (Å²) in [5.74, 6) is 0.604. The second kappa shape index (κ2) is 7.47. The van der Waals surface area contributed by atoms with Gasteiger partial charge in [0.25, 0.3) is 0 Å². The Kier molecular flexibility index (Phi) is 4.72. The molecule has 4 rings (SSSR count). The summed E-state index contributed by atoms with van der Waals surface area (Å²) in [4.78, 5) is 17.2. The normalized spacial score (nSPS) is 10.6. The van der Waals surface area contributed by atoms with Crippen LogP contribution in [0.15, 0.2) is 72.8 Å². The minimum Gasteiger partial charge on any atom is -0.495 e. The predicted octanol–water partition coefficient (Wildman–Crippen LogP) is 5.62. The number of nitrogens with zero attached hydrogens (tertiary/aromatic N) is 1. The molecule has 134 valence electrons. The molecular weight excluding hydrogens is 358 g/mol. The van der Waals surface area contributed by atoms with E-state index in [1.807, 2.05) is 60.7 Å². The number of carbonyl (C=O) groups is 1. The van der Waals surface area contributed by atoms with Gasteiger partial charge in [0.1, 0.15) is 10.8 Å². The number of carbonyl (C=O) groups excluding carboxylic acids is 1. The third-order valence-corrected chi connectivity index (χ3v) is 5.12. The van der Waals surface area contributed by atoms with Crippen molar-refractivity contribution in [2.75, 3.05) is 17.7 Å². The highest BCUT2D eigenvalue weighted by Gasteiger charge is 2.13. The molecule has 27 heavy (non-hydrogen) atoms. The number of ether oxygens (including phenoxy) is 1. The third-order valence-electron chi connectivity index (χ3n) is 4.05. The first-order valence-corrected chi connectivity index (χ1v) is 9.22. The molecule has 0 saturated heterocycles. The maximum atomic E-state index is 12.5. The molecule has 0 radical (unpaired) electrons. The van der Waals surface area contributed by atoms with Crippen molar-refractivity contribution in [2.45, 2.75) is 0 Å². The highest BCUT2D eigenvalue weighted by molar-refractivity contribution is 7.21. The number of rotatable bonds is 4. The summed E-state index contributed by atoms with van der Waals surface area (Å²) in [7, 11) is 1.57. The topological polar surface area (TPSA) is 63.2 Å². The third kappa shape index (κ3) is 3.61. The molecule has 0 fully saturated rings. The van der Waals surface area contributed by atoms with Crippen LogP contribution in [-0.2, 0) is 0 Å². The van der Waals surface area contributed by atoms with E-state index in [4.69, 9.17) is 4.74 Å². The average Bonchev–Trinajstić information content (AvgIpc) is 3.13. The molecule has 4 aromatic rings. The van der Waals surface area contributed by atoms with Gasteiger partial charge in [-0.15, -0.1) is 11.3 Å². The Balaban J connectivity index is 1.60. The molecule has 6 heteroatoms. The monoisotopic (exact) mass is 375 g/mol. The van der Waals surface area contributed by atoms with Crippen LogP contribution in [0.2, 0.25) is 0 Å². The Bertz CT molecular complexity index is 1070. The van der Waals surface area contributed by atoms with Crippen molar-refractivity contribution >= 4 is 39.0 Å². The number of amides is 2. The zero-order valence-corrected chi connectivity index (χ0v) is 15.4. The largest absolute Gasteiger partial charge is 0.495 e. The van der Waals surface area contributed by atoms with E-state index in [1.54, 1.807) is 30.6 Å². The van der Waals surface area contributed by atoms with Crippen LogP contribution in [-0.4, -0.2) is 18.1 Å². The fraction of sp³-hybridized carbons (Fsp3) is 0.0476. The number of thiazole rings is 1. The van der Waals surface area contributed by atoms with E-state index in [0.717, 1.165) is 20.8 Å². The van der Waals surface area contributed by atoms with E-state index < -0.39 is 0 Å². The van der Waals surface area contributed by atoms with Crippen LogP contribution in [0.3, 0.4) is 0 Å². The number of anilines is 2. The summed E-state index contributed by atoms with van der Waals surface area (Å²) in [6.07, 6.45) is 0. The maximum Gasteiger partial charge on any atom is 0.323 e. The number of urea groups is 1. The molecule has 0 unspecified atom stereocenters. The Morgan fingerprint density at radius 3 is 2.37 bits per heavy atom. The molecule has 0 aliphatic rings. The van der Waals surface area contributed by atoms with Gasteiger partial charge in [0.15, 0.2) is 0 Å². The molecule has 0 spiro atoms. The lowest BCUT2D eigenvalue weighted by atomic mass is 10.2. The van der Waals surface area contributed by atoms with Gasteiger partial charge in [0.05, 0.1) is 28.7 Å². The highest BCUT2D eigenvalue weighted by Crippen LogP contribution is 2.34. The summed E-state index contributed by atoms with van der Waals surface area (Å²) in [6.45, 7) is 0. The second-order valence-corrected chi connectivity index (χ2v) is 6.84. The van der Waals surface area contributed by atoms with Crippen molar-refractivity contribution in [2.24, 2.45) is 0 Å². The fourth-order valence-electron chi connectivity index (χ4n) is 2.79. The number of hydrogen-bond acceptors (Lipinski definition) is 4. The van der Waals surface area contributed by atoms with Crippen LogP contribution in [0.4, 0.5) is 16.2 Å². The van der Waals surface area contributed by atoms with Gasteiger partial charge in [0.2, 0.25) is 0 Å². The summed E-state index contributed by atoms with van der Waals surface area (Å²) in [5.41, 5.74) is 3.14. The lowest BCUT2D eigenvalue weighted by Crippen LogP contribution is -2.20. The van der Waals surface area contributed by atoms with Crippen LogP contribution in [0.1, 0.15) is 0 Å². The molecule has 3 aromatic carbocycles. The van der Waals surface area contributed by atoms with E-state index in [1.165, 1.54) is 0 Å². The van der Waals surface area contributed by atoms with Gasteiger partial charge >= 0.3 is 6.03 Å². The van der Waals surface area contributed by atoms with Crippen molar-refractivity contribution in [3.05, 3.63) is 72.8 Å². The average molecular weight is 375 g/mol. The Morgan fingerprint density at radius 2 is 1.56 bits per heavy atom. The zero-order valence-electron chi connectivity index (χ0n) is 14.6. The number of hydrogen-bond donors (Lipinski definition) is 2. The molecule has 5 nitrogen and oxygen atoms in total. The van der Waals surface area contributed by atoms with Crippen LogP contribution in [0, 0.1) is 0 Å². The van der Waals surface area contributed by atoms with Crippen molar-refractivity contribution in [1.82, 2.24) is 4.98 Å². The predicted molar refractivity (Wildman–Crippen MR) is 111 cm³/mol. The van der Waals surface area contributed by atoms with Crippen LogP contribution in [0.5, 0.6) is 5.75 Å².